The van der Waals surface area contributed by atoms with Crippen LogP contribution in [0, 0.1) is 12.3 Å². The van der Waals surface area contributed by atoms with Gasteiger partial charge in [0.25, 0.3) is 0 Å². The lowest BCUT2D eigenvalue weighted by Crippen LogP contribution is -2.12. The van der Waals surface area contributed by atoms with Crippen LogP contribution in [0.3, 0.4) is 0 Å². The molecule has 0 radical (unpaired) electrons. The van der Waals surface area contributed by atoms with Crippen LogP contribution >= 0.6 is 23.3 Å². The summed E-state index contributed by atoms with van der Waals surface area (Å²) in [4.78, 5) is 8.46. The number of nitrogens with zero attached hydrogens (tertiary/aromatic N) is 3. The largest absolute Gasteiger partial charge is 0.382 e. The molecule has 0 saturated carbocycles. The zero-order chi connectivity index (χ0) is 11.5. The van der Waals surface area contributed by atoms with Gasteiger partial charge in [-0.15, -0.1) is 0 Å². The van der Waals surface area contributed by atoms with Gasteiger partial charge in [0.15, 0.2) is 4.34 Å². The van der Waals surface area contributed by atoms with E-state index in [1.54, 1.807) is 6.07 Å². The molecule has 0 saturated heterocycles. The van der Waals surface area contributed by atoms with E-state index in [9.17, 15) is 0 Å². The van der Waals surface area contributed by atoms with Crippen LogP contribution in [0.5, 0.6) is 0 Å². The Morgan fingerprint density at radius 3 is 2.88 bits per heavy atom. The summed E-state index contributed by atoms with van der Waals surface area (Å²) in [5.74, 6) is 0.728. The molecule has 0 bridgehead atoms. The van der Waals surface area contributed by atoms with E-state index in [4.69, 9.17) is 11.1 Å². The third-order valence-electron chi connectivity index (χ3n) is 1.70. The zero-order valence-corrected chi connectivity index (χ0v) is 10.1. The number of nitrogens with one attached hydrogen (secondary N) is 1. The number of hydrogen-bond acceptors (Lipinski definition) is 6. The van der Waals surface area contributed by atoms with Crippen molar-refractivity contribution >= 4 is 29.1 Å². The fourth-order valence-electron chi connectivity index (χ4n) is 1.03. The molecule has 7 heteroatoms. The third-order valence-corrected chi connectivity index (χ3v) is 3.48. The Morgan fingerprint density at radius 2 is 2.25 bits per heavy atom. The summed E-state index contributed by atoms with van der Waals surface area (Å²) in [6.07, 6.45) is 0. The molecule has 3 N–H and O–H groups in total. The van der Waals surface area contributed by atoms with Crippen molar-refractivity contribution < 1.29 is 0 Å². The SMILES string of the molecule is Cc1nsc(Sc2cccc(C(=N)N)n2)n1. The van der Waals surface area contributed by atoms with E-state index in [0.717, 1.165) is 15.2 Å². The summed E-state index contributed by atoms with van der Waals surface area (Å²) < 4.78 is 4.92. The van der Waals surface area contributed by atoms with Crippen molar-refractivity contribution in [2.45, 2.75) is 16.3 Å². The van der Waals surface area contributed by atoms with Gasteiger partial charge in [0.05, 0.1) is 0 Å². The van der Waals surface area contributed by atoms with Crippen molar-refractivity contribution in [3.8, 4) is 0 Å². The van der Waals surface area contributed by atoms with Crippen LogP contribution in [0.4, 0.5) is 0 Å². The maximum atomic E-state index is 7.30. The average Bonchev–Trinajstić information content (AvgIpc) is 2.64. The first kappa shape index (κ1) is 11.0. The van der Waals surface area contributed by atoms with Gasteiger partial charge in [0.1, 0.15) is 22.4 Å². The van der Waals surface area contributed by atoms with E-state index in [-0.39, 0.29) is 5.84 Å². The molecule has 0 aliphatic heterocycles. The molecule has 2 heterocycles. The van der Waals surface area contributed by atoms with Gasteiger partial charge in [-0.05, 0) is 42.4 Å². The Balaban J connectivity index is 2.21. The smallest absolute Gasteiger partial charge is 0.176 e. The molecule has 0 aliphatic carbocycles. The van der Waals surface area contributed by atoms with Crippen LogP contribution in [0.1, 0.15) is 11.5 Å². The molecule has 0 spiro atoms. The minimum absolute atomic E-state index is 0.0316. The zero-order valence-electron chi connectivity index (χ0n) is 8.47. The normalized spacial score (nSPS) is 10.3. The lowest BCUT2D eigenvalue weighted by atomic mass is 10.3. The second kappa shape index (κ2) is 4.58. The molecule has 0 fully saturated rings. The fourth-order valence-corrected chi connectivity index (χ4v) is 2.62. The van der Waals surface area contributed by atoms with E-state index in [1.165, 1.54) is 23.3 Å². The number of nitrogen functional groups attached to an aromatic ring is 1. The maximum absolute atomic E-state index is 7.30. The molecule has 0 unspecified atom stereocenters. The molecule has 82 valence electrons. The van der Waals surface area contributed by atoms with Gasteiger partial charge in [-0.1, -0.05) is 6.07 Å². The Bertz CT molecular complexity index is 522. The van der Waals surface area contributed by atoms with Gasteiger partial charge in [0.2, 0.25) is 0 Å². The first-order chi connectivity index (χ1) is 7.65. The van der Waals surface area contributed by atoms with Crippen molar-refractivity contribution in [2.75, 3.05) is 0 Å². The first-order valence-corrected chi connectivity index (χ1v) is 6.04. The van der Waals surface area contributed by atoms with Crippen LogP contribution in [0.15, 0.2) is 27.6 Å². The summed E-state index contributed by atoms with van der Waals surface area (Å²) in [5.41, 5.74) is 5.84. The van der Waals surface area contributed by atoms with Crippen LogP contribution in [-0.4, -0.2) is 20.2 Å². The molecular weight excluding hydrogens is 242 g/mol. The number of amidine groups is 1. The van der Waals surface area contributed by atoms with Crippen molar-refractivity contribution in [3.63, 3.8) is 0 Å². The summed E-state index contributed by atoms with van der Waals surface area (Å²) >= 11 is 2.76. The third kappa shape index (κ3) is 2.56. The highest BCUT2D eigenvalue weighted by Crippen LogP contribution is 2.27. The molecule has 16 heavy (non-hydrogen) atoms. The number of pyridine rings is 1. The molecule has 0 aliphatic rings. The predicted octanol–water partition coefficient (Wildman–Crippen LogP) is 1.68. The van der Waals surface area contributed by atoms with Crippen LogP contribution < -0.4 is 5.73 Å². The molecular formula is C9H9N5S2. The van der Waals surface area contributed by atoms with Crippen molar-refractivity contribution in [1.82, 2.24) is 14.3 Å². The monoisotopic (exact) mass is 251 g/mol. The average molecular weight is 251 g/mol. The summed E-state index contributed by atoms with van der Waals surface area (Å²) in [5, 5.41) is 8.06. The highest BCUT2D eigenvalue weighted by molar-refractivity contribution is 8.00. The highest BCUT2D eigenvalue weighted by atomic mass is 32.2. The number of nitrogens with two attached hydrogens (primary N) is 1. The maximum Gasteiger partial charge on any atom is 0.176 e. The number of rotatable bonds is 3. The summed E-state index contributed by atoms with van der Waals surface area (Å²) in [6, 6.07) is 5.38. The Hall–Kier alpha value is -1.47. The van der Waals surface area contributed by atoms with Gasteiger partial charge in [-0.2, -0.15) is 4.37 Å². The van der Waals surface area contributed by atoms with E-state index < -0.39 is 0 Å². The van der Waals surface area contributed by atoms with E-state index in [2.05, 4.69) is 14.3 Å². The highest BCUT2D eigenvalue weighted by Gasteiger charge is 2.05. The van der Waals surface area contributed by atoms with Crippen LogP contribution in [-0.2, 0) is 0 Å². The molecule has 0 aromatic carbocycles. The molecule has 2 aromatic heterocycles. The number of aromatic nitrogens is 3. The van der Waals surface area contributed by atoms with E-state index in [0.29, 0.717) is 5.69 Å². The molecule has 5 nitrogen and oxygen atoms in total. The van der Waals surface area contributed by atoms with E-state index in [1.807, 2.05) is 19.1 Å². The lowest BCUT2D eigenvalue weighted by Gasteiger charge is -1.99. The summed E-state index contributed by atoms with van der Waals surface area (Å²) in [7, 11) is 0. The molecule has 2 rings (SSSR count). The predicted molar refractivity (Wildman–Crippen MR) is 64.0 cm³/mol. The minimum atomic E-state index is -0.0316. The standard InChI is InChI=1S/C9H9N5S2/c1-5-12-9(16-14-5)15-7-4-2-3-6(13-7)8(10)11/h2-4H,1H3,(H3,10,11). The molecule has 0 atom stereocenters. The Morgan fingerprint density at radius 1 is 1.44 bits per heavy atom. The van der Waals surface area contributed by atoms with Gasteiger partial charge in [-0.25, -0.2) is 9.97 Å². The lowest BCUT2D eigenvalue weighted by molar-refractivity contribution is 1.08. The number of hydrogen-bond donors (Lipinski definition) is 2. The van der Waals surface area contributed by atoms with Crippen molar-refractivity contribution in [3.05, 3.63) is 29.7 Å². The quantitative estimate of drug-likeness (QED) is 0.640. The molecule has 0 amide bonds. The Kier molecular flexibility index (Phi) is 3.16. The van der Waals surface area contributed by atoms with Crippen molar-refractivity contribution in [2.24, 2.45) is 5.73 Å². The second-order valence-electron chi connectivity index (χ2n) is 2.98. The van der Waals surface area contributed by atoms with Crippen LogP contribution in [0.25, 0.3) is 0 Å². The first-order valence-electron chi connectivity index (χ1n) is 4.45. The topological polar surface area (TPSA) is 88.5 Å². The van der Waals surface area contributed by atoms with Gasteiger partial charge < -0.3 is 5.73 Å². The number of aryl methyl sites for hydroxylation is 1. The molecule has 2 aromatic rings. The van der Waals surface area contributed by atoms with Gasteiger partial charge in [0, 0.05) is 0 Å². The van der Waals surface area contributed by atoms with Crippen LogP contribution in [0.2, 0.25) is 0 Å². The van der Waals surface area contributed by atoms with Crippen molar-refractivity contribution in [1.29, 1.82) is 5.41 Å². The fraction of sp³-hybridized carbons (Fsp3) is 0.111. The minimum Gasteiger partial charge on any atom is -0.382 e. The van der Waals surface area contributed by atoms with Gasteiger partial charge in [-0.3, -0.25) is 5.41 Å². The van der Waals surface area contributed by atoms with E-state index >= 15 is 0 Å². The Labute approximate surface area is 101 Å². The second-order valence-corrected chi connectivity index (χ2v) is 5.00. The van der Waals surface area contributed by atoms with Gasteiger partial charge >= 0.3 is 0 Å². The summed E-state index contributed by atoms with van der Waals surface area (Å²) in [6.45, 7) is 1.85.